The Labute approximate surface area is 171 Å². The van der Waals surface area contributed by atoms with Gasteiger partial charge in [0.2, 0.25) is 5.91 Å². The molecule has 0 atom stereocenters. The Balaban J connectivity index is 1.13. The SMILES string of the molecule is O=C(CC12CC3CC(CC(C3)C1)C2)NCCNc1ccnc2cc(Cl)ccc12. The first-order chi connectivity index (χ1) is 13.6. The van der Waals surface area contributed by atoms with Gasteiger partial charge in [-0.2, -0.15) is 0 Å². The molecular formula is C23H28ClN3O. The fourth-order valence-electron chi connectivity index (χ4n) is 6.58. The number of rotatable bonds is 6. The van der Waals surface area contributed by atoms with Gasteiger partial charge in [-0.25, -0.2) is 0 Å². The van der Waals surface area contributed by atoms with Crippen molar-refractivity contribution in [2.45, 2.75) is 44.9 Å². The summed E-state index contributed by atoms with van der Waals surface area (Å²) in [5.41, 5.74) is 2.22. The van der Waals surface area contributed by atoms with Crippen LogP contribution in [0.4, 0.5) is 5.69 Å². The Bertz CT molecular complexity index is 861. The summed E-state index contributed by atoms with van der Waals surface area (Å²) in [6.07, 6.45) is 10.7. The molecule has 28 heavy (non-hydrogen) atoms. The number of hydrogen-bond donors (Lipinski definition) is 2. The molecular weight excluding hydrogens is 370 g/mol. The molecule has 6 rings (SSSR count). The van der Waals surface area contributed by atoms with Crippen molar-refractivity contribution in [2.24, 2.45) is 23.2 Å². The van der Waals surface area contributed by atoms with E-state index in [9.17, 15) is 4.79 Å². The van der Waals surface area contributed by atoms with Crippen LogP contribution in [0.2, 0.25) is 5.02 Å². The van der Waals surface area contributed by atoms with E-state index in [1.165, 1.54) is 38.5 Å². The Morgan fingerprint density at radius 2 is 1.79 bits per heavy atom. The van der Waals surface area contributed by atoms with Crippen molar-refractivity contribution >= 4 is 34.1 Å². The van der Waals surface area contributed by atoms with Crippen LogP contribution in [-0.4, -0.2) is 24.0 Å². The number of anilines is 1. The number of amides is 1. The summed E-state index contributed by atoms with van der Waals surface area (Å²) in [5, 5.41) is 8.31. The van der Waals surface area contributed by atoms with E-state index < -0.39 is 0 Å². The molecule has 5 heteroatoms. The number of nitrogens with zero attached hydrogens (tertiary/aromatic N) is 1. The highest BCUT2D eigenvalue weighted by Crippen LogP contribution is 2.61. The predicted octanol–water partition coefficient (Wildman–Crippen LogP) is 5.02. The first-order valence-corrected chi connectivity index (χ1v) is 11.0. The molecule has 148 valence electrons. The second-order valence-corrected chi connectivity index (χ2v) is 9.83. The first-order valence-electron chi connectivity index (χ1n) is 10.6. The lowest BCUT2D eigenvalue weighted by Crippen LogP contribution is -2.48. The average molecular weight is 398 g/mol. The van der Waals surface area contributed by atoms with Crippen molar-refractivity contribution in [1.82, 2.24) is 10.3 Å². The fourth-order valence-corrected chi connectivity index (χ4v) is 6.75. The van der Waals surface area contributed by atoms with Gasteiger partial charge in [-0.1, -0.05) is 11.6 Å². The van der Waals surface area contributed by atoms with Crippen molar-refractivity contribution in [1.29, 1.82) is 0 Å². The number of carbonyl (C=O) groups is 1. The third-order valence-electron chi connectivity index (χ3n) is 7.17. The molecule has 0 spiro atoms. The van der Waals surface area contributed by atoms with E-state index in [2.05, 4.69) is 15.6 Å². The van der Waals surface area contributed by atoms with E-state index in [0.717, 1.165) is 40.8 Å². The quantitative estimate of drug-likeness (QED) is 0.672. The van der Waals surface area contributed by atoms with Gasteiger partial charge in [0.25, 0.3) is 0 Å². The molecule has 0 radical (unpaired) electrons. The average Bonchev–Trinajstić information content (AvgIpc) is 2.63. The molecule has 1 aromatic carbocycles. The van der Waals surface area contributed by atoms with Crippen molar-refractivity contribution in [3.63, 3.8) is 0 Å². The van der Waals surface area contributed by atoms with Crippen molar-refractivity contribution in [3.8, 4) is 0 Å². The monoisotopic (exact) mass is 397 g/mol. The maximum atomic E-state index is 12.6. The lowest BCUT2D eigenvalue weighted by molar-refractivity contribution is -0.129. The predicted molar refractivity (Wildman–Crippen MR) is 113 cm³/mol. The van der Waals surface area contributed by atoms with Crippen LogP contribution in [0.1, 0.15) is 44.9 Å². The van der Waals surface area contributed by atoms with Crippen molar-refractivity contribution < 1.29 is 4.79 Å². The summed E-state index contributed by atoms with van der Waals surface area (Å²) in [6, 6.07) is 7.70. The maximum absolute atomic E-state index is 12.6. The zero-order valence-electron chi connectivity index (χ0n) is 16.2. The number of nitrogens with one attached hydrogen (secondary N) is 2. The fraction of sp³-hybridized carbons (Fsp3) is 0.565. The molecule has 1 heterocycles. The molecule has 2 aromatic rings. The Morgan fingerprint density at radius 1 is 1.07 bits per heavy atom. The van der Waals surface area contributed by atoms with Gasteiger partial charge in [0.1, 0.15) is 0 Å². The Morgan fingerprint density at radius 3 is 2.50 bits per heavy atom. The molecule has 4 nitrogen and oxygen atoms in total. The minimum absolute atomic E-state index is 0.232. The summed E-state index contributed by atoms with van der Waals surface area (Å²) in [5.74, 6) is 2.92. The van der Waals surface area contributed by atoms with Crippen LogP contribution in [0, 0.1) is 23.2 Å². The molecule has 4 bridgehead atoms. The molecule has 4 fully saturated rings. The Hall–Kier alpha value is -1.81. The molecule has 0 unspecified atom stereocenters. The second kappa shape index (κ2) is 7.22. The topological polar surface area (TPSA) is 54.0 Å². The summed E-state index contributed by atoms with van der Waals surface area (Å²) >= 11 is 6.05. The van der Waals surface area contributed by atoms with E-state index in [1.54, 1.807) is 6.20 Å². The van der Waals surface area contributed by atoms with Crippen LogP contribution in [-0.2, 0) is 4.79 Å². The minimum Gasteiger partial charge on any atom is -0.383 e. The van der Waals surface area contributed by atoms with E-state index >= 15 is 0 Å². The third kappa shape index (κ3) is 3.59. The lowest BCUT2D eigenvalue weighted by Gasteiger charge is -2.56. The van der Waals surface area contributed by atoms with Gasteiger partial charge >= 0.3 is 0 Å². The number of fused-ring (bicyclic) bond motifs is 1. The largest absolute Gasteiger partial charge is 0.383 e. The highest BCUT2D eigenvalue weighted by molar-refractivity contribution is 6.31. The van der Waals surface area contributed by atoms with Crippen molar-refractivity contribution in [3.05, 3.63) is 35.5 Å². The van der Waals surface area contributed by atoms with Crippen LogP contribution < -0.4 is 10.6 Å². The van der Waals surface area contributed by atoms with Gasteiger partial charge in [-0.3, -0.25) is 9.78 Å². The number of carbonyl (C=O) groups excluding carboxylic acids is 1. The molecule has 2 N–H and O–H groups in total. The summed E-state index contributed by atoms with van der Waals surface area (Å²) in [7, 11) is 0. The van der Waals surface area contributed by atoms with Gasteiger partial charge in [-0.05, 0) is 86.0 Å². The van der Waals surface area contributed by atoms with E-state index in [-0.39, 0.29) is 5.91 Å². The number of aromatic nitrogens is 1. The number of benzene rings is 1. The summed E-state index contributed by atoms with van der Waals surface area (Å²) in [4.78, 5) is 17.0. The number of hydrogen-bond acceptors (Lipinski definition) is 3. The van der Waals surface area contributed by atoms with Gasteiger partial charge in [0, 0.05) is 41.8 Å². The number of pyridine rings is 1. The van der Waals surface area contributed by atoms with Crippen LogP contribution in [0.25, 0.3) is 10.9 Å². The molecule has 1 aromatic heterocycles. The normalized spacial score (nSPS) is 30.5. The van der Waals surface area contributed by atoms with E-state index in [1.807, 2.05) is 24.3 Å². The molecule has 4 saturated carbocycles. The van der Waals surface area contributed by atoms with Gasteiger partial charge in [0.15, 0.2) is 0 Å². The smallest absolute Gasteiger partial charge is 0.220 e. The van der Waals surface area contributed by atoms with Gasteiger partial charge in [0.05, 0.1) is 5.52 Å². The maximum Gasteiger partial charge on any atom is 0.220 e. The molecule has 4 aliphatic carbocycles. The second-order valence-electron chi connectivity index (χ2n) is 9.39. The van der Waals surface area contributed by atoms with Crippen molar-refractivity contribution in [2.75, 3.05) is 18.4 Å². The van der Waals surface area contributed by atoms with Crippen LogP contribution in [0.15, 0.2) is 30.5 Å². The Kier molecular flexibility index (Phi) is 4.70. The van der Waals surface area contributed by atoms with Gasteiger partial charge in [-0.15, -0.1) is 0 Å². The zero-order valence-corrected chi connectivity index (χ0v) is 17.0. The number of halogens is 1. The zero-order chi connectivity index (χ0) is 19.1. The highest BCUT2D eigenvalue weighted by Gasteiger charge is 2.51. The molecule has 0 saturated heterocycles. The first kappa shape index (κ1) is 18.2. The summed E-state index contributed by atoms with van der Waals surface area (Å²) in [6.45, 7) is 1.34. The van der Waals surface area contributed by atoms with Crippen LogP contribution >= 0.6 is 11.6 Å². The van der Waals surface area contributed by atoms with E-state index in [4.69, 9.17) is 11.6 Å². The minimum atomic E-state index is 0.232. The molecule has 0 aliphatic heterocycles. The van der Waals surface area contributed by atoms with E-state index in [0.29, 0.717) is 23.5 Å². The molecule has 4 aliphatic rings. The van der Waals surface area contributed by atoms with Gasteiger partial charge < -0.3 is 10.6 Å². The highest BCUT2D eigenvalue weighted by atomic mass is 35.5. The van der Waals surface area contributed by atoms with Crippen LogP contribution in [0.5, 0.6) is 0 Å². The third-order valence-corrected chi connectivity index (χ3v) is 7.40. The summed E-state index contributed by atoms with van der Waals surface area (Å²) < 4.78 is 0. The lowest BCUT2D eigenvalue weighted by atomic mass is 9.49. The van der Waals surface area contributed by atoms with Crippen LogP contribution in [0.3, 0.4) is 0 Å². The standard InChI is InChI=1S/C23H28ClN3O/c24-18-1-2-19-20(3-4-25-21(19)10-18)26-5-6-27-22(28)14-23-11-15-7-16(12-23)9-17(8-15)13-23/h1-4,10,15-17H,5-9,11-14H2,(H,25,26)(H,27,28). The molecule has 1 amide bonds.